The second kappa shape index (κ2) is 15.6. The molecule has 0 aromatic heterocycles. The number of hydrogen-bond acceptors (Lipinski definition) is 7. The SMILES string of the molecule is C[C@@H](c1ccccc1)N(C)C[C@H]1C[C@@H](c2ccc(CO)cc2)O[C@@H](c2ccc(NC(=O)CCCCC(=O)NO)cc2)O1. The van der Waals surface area contributed by atoms with E-state index in [2.05, 4.69) is 48.5 Å². The van der Waals surface area contributed by atoms with Crippen molar-refractivity contribution in [3.63, 3.8) is 0 Å². The van der Waals surface area contributed by atoms with Gasteiger partial charge < -0.3 is 19.9 Å². The van der Waals surface area contributed by atoms with E-state index >= 15 is 0 Å². The fourth-order valence-electron chi connectivity index (χ4n) is 5.07. The van der Waals surface area contributed by atoms with E-state index in [1.54, 1.807) is 5.48 Å². The van der Waals surface area contributed by atoms with Gasteiger partial charge in [-0.2, -0.15) is 0 Å². The Morgan fingerprint density at radius 1 is 0.905 bits per heavy atom. The summed E-state index contributed by atoms with van der Waals surface area (Å²) in [5, 5.41) is 20.9. The lowest BCUT2D eigenvalue weighted by atomic mass is 9.99. The van der Waals surface area contributed by atoms with Crippen molar-refractivity contribution in [1.29, 1.82) is 0 Å². The van der Waals surface area contributed by atoms with Crippen molar-refractivity contribution in [2.24, 2.45) is 0 Å². The Bertz CT molecular complexity index is 1270. The molecule has 4 atom stereocenters. The van der Waals surface area contributed by atoms with Gasteiger partial charge in [-0.3, -0.25) is 19.7 Å². The lowest BCUT2D eigenvalue weighted by Crippen LogP contribution is -2.38. The van der Waals surface area contributed by atoms with Crippen molar-refractivity contribution in [2.75, 3.05) is 18.9 Å². The summed E-state index contributed by atoms with van der Waals surface area (Å²) in [5.74, 6) is -0.596. The summed E-state index contributed by atoms with van der Waals surface area (Å²) in [6.07, 6.45) is 1.34. The van der Waals surface area contributed by atoms with Gasteiger partial charge in [-0.25, -0.2) is 5.48 Å². The standard InChI is InChI=1S/C33H41N3O6/c1-23(25-8-4-3-5-9-25)36(2)21-29-20-30(26-14-12-24(22-37)13-15-26)42-33(41-29)27-16-18-28(19-17-27)34-31(38)10-6-7-11-32(39)35-40/h3-5,8-9,12-19,23,29-30,33,37,40H,6-7,10-11,20-22H2,1-2H3,(H,34,38)(H,35,39)/t23-,29+,30-,33-/m0/s1. The maximum atomic E-state index is 12.3. The minimum atomic E-state index is -0.589. The van der Waals surface area contributed by atoms with Crippen LogP contribution in [0.25, 0.3) is 0 Å². The smallest absolute Gasteiger partial charge is 0.243 e. The number of nitrogens with zero attached hydrogens (tertiary/aromatic N) is 1. The maximum absolute atomic E-state index is 12.3. The number of benzene rings is 3. The third-order valence-corrected chi connectivity index (χ3v) is 7.70. The van der Waals surface area contributed by atoms with Crippen LogP contribution in [0.4, 0.5) is 5.69 Å². The lowest BCUT2D eigenvalue weighted by molar-refractivity contribution is -0.253. The van der Waals surface area contributed by atoms with Crippen LogP contribution in [0.1, 0.15) is 79.7 Å². The number of amides is 2. The second-order valence-corrected chi connectivity index (χ2v) is 10.8. The van der Waals surface area contributed by atoms with Gasteiger partial charge in [-0.05, 0) is 55.6 Å². The number of ether oxygens (including phenoxy) is 2. The van der Waals surface area contributed by atoms with Crippen LogP contribution in [0.15, 0.2) is 78.9 Å². The highest BCUT2D eigenvalue weighted by molar-refractivity contribution is 5.90. The molecule has 0 bridgehead atoms. The van der Waals surface area contributed by atoms with Crippen molar-refractivity contribution >= 4 is 17.5 Å². The molecule has 1 heterocycles. The first-order valence-electron chi connectivity index (χ1n) is 14.4. The van der Waals surface area contributed by atoms with Crippen LogP contribution in [-0.2, 0) is 25.7 Å². The van der Waals surface area contributed by atoms with E-state index in [1.807, 2.05) is 54.6 Å². The van der Waals surface area contributed by atoms with Gasteiger partial charge in [-0.15, -0.1) is 0 Å². The van der Waals surface area contributed by atoms with E-state index in [1.165, 1.54) is 5.56 Å². The molecule has 1 saturated heterocycles. The van der Waals surface area contributed by atoms with E-state index in [0.29, 0.717) is 24.9 Å². The quantitative estimate of drug-likeness (QED) is 0.122. The fourth-order valence-corrected chi connectivity index (χ4v) is 5.07. The molecule has 224 valence electrons. The van der Waals surface area contributed by atoms with Gasteiger partial charge in [0.15, 0.2) is 6.29 Å². The molecular weight excluding hydrogens is 534 g/mol. The summed E-state index contributed by atoms with van der Waals surface area (Å²) in [6.45, 7) is 2.90. The normalized spacial score (nSPS) is 19.3. The Morgan fingerprint density at radius 3 is 2.19 bits per heavy atom. The molecule has 2 amide bonds. The number of carbonyl (C=O) groups is 2. The molecule has 0 unspecified atom stereocenters. The van der Waals surface area contributed by atoms with Crippen LogP contribution in [0.2, 0.25) is 0 Å². The number of carbonyl (C=O) groups excluding carboxylic acids is 2. The summed E-state index contributed by atoms with van der Waals surface area (Å²) in [6, 6.07) is 25.9. The number of likely N-dealkylation sites (N-methyl/N-ethyl adjacent to an activating group) is 1. The highest BCUT2D eigenvalue weighted by atomic mass is 16.7. The van der Waals surface area contributed by atoms with Crippen LogP contribution >= 0.6 is 0 Å². The third kappa shape index (κ3) is 8.95. The van der Waals surface area contributed by atoms with Crippen LogP contribution in [0, 0.1) is 0 Å². The molecular formula is C33H41N3O6. The molecule has 4 N–H and O–H groups in total. The molecule has 1 aliphatic heterocycles. The zero-order valence-electron chi connectivity index (χ0n) is 24.2. The summed E-state index contributed by atoms with van der Waals surface area (Å²) in [7, 11) is 2.11. The van der Waals surface area contributed by atoms with Crippen LogP contribution in [-0.4, -0.2) is 46.7 Å². The topological polar surface area (TPSA) is 120 Å². The Labute approximate surface area is 247 Å². The first kappa shape index (κ1) is 31.3. The largest absolute Gasteiger partial charge is 0.392 e. The molecule has 1 aliphatic rings. The predicted molar refractivity (Wildman–Crippen MR) is 159 cm³/mol. The van der Waals surface area contributed by atoms with Gasteiger partial charge in [-0.1, -0.05) is 66.7 Å². The van der Waals surface area contributed by atoms with Crippen molar-refractivity contribution in [3.05, 3.63) is 101 Å². The molecule has 3 aromatic carbocycles. The van der Waals surface area contributed by atoms with Crippen molar-refractivity contribution in [3.8, 4) is 0 Å². The van der Waals surface area contributed by atoms with E-state index < -0.39 is 12.2 Å². The van der Waals surface area contributed by atoms with E-state index in [0.717, 1.165) is 23.2 Å². The van der Waals surface area contributed by atoms with Crippen molar-refractivity contribution < 1.29 is 29.4 Å². The van der Waals surface area contributed by atoms with Gasteiger partial charge in [0.1, 0.15) is 0 Å². The molecule has 0 radical (unpaired) electrons. The lowest BCUT2D eigenvalue weighted by Gasteiger charge is -2.39. The zero-order chi connectivity index (χ0) is 29.9. The Kier molecular flexibility index (Phi) is 11.6. The van der Waals surface area contributed by atoms with Crippen LogP contribution < -0.4 is 10.8 Å². The highest BCUT2D eigenvalue weighted by Gasteiger charge is 2.33. The number of aliphatic hydroxyl groups excluding tert-OH is 1. The molecule has 0 saturated carbocycles. The van der Waals surface area contributed by atoms with Gasteiger partial charge in [0.2, 0.25) is 11.8 Å². The monoisotopic (exact) mass is 575 g/mol. The van der Waals surface area contributed by atoms with E-state index in [4.69, 9.17) is 14.7 Å². The van der Waals surface area contributed by atoms with Crippen molar-refractivity contribution in [2.45, 2.75) is 70.2 Å². The number of aliphatic hydroxyl groups is 1. The maximum Gasteiger partial charge on any atom is 0.243 e. The van der Waals surface area contributed by atoms with Gasteiger partial charge in [0.25, 0.3) is 0 Å². The molecule has 0 spiro atoms. The first-order chi connectivity index (χ1) is 20.4. The fraction of sp³-hybridized carbons (Fsp3) is 0.394. The minimum absolute atomic E-state index is 0.00785. The van der Waals surface area contributed by atoms with E-state index in [-0.39, 0.29) is 43.6 Å². The average molecular weight is 576 g/mol. The Morgan fingerprint density at radius 2 is 1.55 bits per heavy atom. The average Bonchev–Trinajstić information content (AvgIpc) is 3.03. The minimum Gasteiger partial charge on any atom is -0.392 e. The number of nitrogens with one attached hydrogen (secondary N) is 2. The molecule has 9 nitrogen and oxygen atoms in total. The zero-order valence-corrected chi connectivity index (χ0v) is 24.2. The number of unbranched alkanes of at least 4 members (excludes halogenated alkanes) is 1. The molecule has 1 fully saturated rings. The summed E-state index contributed by atoms with van der Waals surface area (Å²) >= 11 is 0. The Balaban J connectivity index is 1.42. The van der Waals surface area contributed by atoms with E-state index in [9.17, 15) is 14.7 Å². The van der Waals surface area contributed by atoms with Gasteiger partial charge >= 0.3 is 0 Å². The number of hydroxylamine groups is 1. The third-order valence-electron chi connectivity index (χ3n) is 7.70. The van der Waals surface area contributed by atoms with Gasteiger partial charge in [0.05, 0.1) is 18.8 Å². The summed E-state index contributed by atoms with van der Waals surface area (Å²) < 4.78 is 13.0. The second-order valence-electron chi connectivity index (χ2n) is 10.8. The summed E-state index contributed by atoms with van der Waals surface area (Å²) in [4.78, 5) is 25.7. The summed E-state index contributed by atoms with van der Waals surface area (Å²) in [5.41, 5.74) is 6.23. The highest BCUT2D eigenvalue weighted by Crippen LogP contribution is 2.39. The molecule has 0 aliphatic carbocycles. The molecule has 9 heteroatoms. The number of hydrogen-bond donors (Lipinski definition) is 4. The molecule has 42 heavy (non-hydrogen) atoms. The molecule has 3 aromatic rings. The number of anilines is 1. The van der Waals surface area contributed by atoms with Crippen molar-refractivity contribution in [1.82, 2.24) is 10.4 Å². The first-order valence-corrected chi connectivity index (χ1v) is 14.4. The van der Waals surface area contributed by atoms with Gasteiger partial charge in [0, 0.05) is 43.1 Å². The van der Waals surface area contributed by atoms with Crippen LogP contribution in [0.5, 0.6) is 0 Å². The molecule has 4 rings (SSSR count). The number of rotatable bonds is 13. The predicted octanol–water partition coefficient (Wildman–Crippen LogP) is 5.42. The Hall–Kier alpha value is -3.60. The van der Waals surface area contributed by atoms with Crippen LogP contribution in [0.3, 0.4) is 0 Å².